The van der Waals surface area contributed by atoms with Gasteiger partial charge < -0.3 is 15.0 Å². The largest absolute Gasteiger partial charge is 0.489 e. The van der Waals surface area contributed by atoms with E-state index in [-0.39, 0.29) is 11.7 Å². The molecule has 5 nitrogen and oxygen atoms in total. The normalized spacial score (nSPS) is 10.5. The maximum Gasteiger partial charge on any atom is 0.322 e. The quantitative estimate of drug-likeness (QED) is 0.333. The van der Waals surface area contributed by atoms with Crippen LogP contribution < -0.4 is 10.1 Å². The Morgan fingerprint density at radius 1 is 0.882 bits per heavy atom. The Labute approximate surface area is 198 Å². The molecule has 34 heavy (non-hydrogen) atoms. The van der Waals surface area contributed by atoms with Gasteiger partial charge in [-0.3, -0.25) is 4.98 Å². The van der Waals surface area contributed by atoms with Gasteiger partial charge in [0.15, 0.2) is 0 Å². The minimum atomic E-state index is -0.475. The molecule has 6 heteroatoms. The van der Waals surface area contributed by atoms with Crippen molar-refractivity contribution in [3.8, 4) is 5.75 Å². The number of rotatable bonds is 9. The maximum absolute atomic E-state index is 14.1. The van der Waals surface area contributed by atoms with Crippen LogP contribution in [0.1, 0.15) is 16.8 Å². The molecule has 0 aliphatic heterocycles. The molecule has 0 spiro atoms. The highest BCUT2D eigenvalue weighted by atomic mass is 19.1. The number of benzene rings is 3. The van der Waals surface area contributed by atoms with Crippen molar-refractivity contribution in [2.45, 2.75) is 19.6 Å². The van der Waals surface area contributed by atoms with E-state index in [0.29, 0.717) is 26.1 Å². The number of carbonyl (C=O) groups excluding carboxylic acids is 1. The highest BCUT2D eigenvalue weighted by Gasteiger charge is 2.16. The maximum atomic E-state index is 14.1. The molecule has 0 aliphatic carbocycles. The molecule has 3 aromatic carbocycles. The first kappa shape index (κ1) is 23.0. The van der Waals surface area contributed by atoms with Gasteiger partial charge in [0.05, 0.1) is 5.69 Å². The topological polar surface area (TPSA) is 54.5 Å². The van der Waals surface area contributed by atoms with Gasteiger partial charge in [0.2, 0.25) is 0 Å². The molecule has 1 N–H and O–H groups in total. The van der Waals surface area contributed by atoms with Crippen molar-refractivity contribution in [2.24, 2.45) is 0 Å². The molecule has 0 fully saturated rings. The molecule has 0 atom stereocenters. The van der Waals surface area contributed by atoms with Crippen molar-refractivity contribution >= 4 is 11.7 Å². The summed E-state index contributed by atoms with van der Waals surface area (Å²) in [5.41, 5.74) is 3.02. The third kappa shape index (κ3) is 6.65. The molecule has 0 aliphatic rings. The molecule has 1 heterocycles. The molecule has 0 saturated heterocycles. The average Bonchev–Trinajstić information content (AvgIpc) is 2.88. The van der Waals surface area contributed by atoms with Crippen LogP contribution >= 0.6 is 0 Å². The van der Waals surface area contributed by atoms with Crippen molar-refractivity contribution in [1.82, 2.24) is 9.88 Å². The smallest absolute Gasteiger partial charge is 0.322 e. The van der Waals surface area contributed by atoms with E-state index >= 15 is 0 Å². The van der Waals surface area contributed by atoms with Crippen LogP contribution in [0.4, 0.5) is 14.9 Å². The van der Waals surface area contributed by atoms with Gasteiger partial charge in [-0.1, -0.05) is 60.7 Å². The van der Waals surface area contributed by atoms with Crippen molar-refractivity contribution in [3.05, 3.63) is 126 Å². The van der Waals surface area contributed by atoms with Crippen LogP contribution in [0.5, 0.6) is 5.75 Å². The minimum Gasteiger partial charge on any atom is -0.489 e. The van der Waals surface area contributed by atoms with E-state index < -0.39 is 5.82 Å². The fourth-order valence-electron chi connectivity index (χ4n) is 3.50. The molecule has 1 aromatic heterocycles. The number of pyridine rings is 1. The van der Waals surface area contributed by atoms with Crippen LogP contribution in [-0.2, 0) is 19.6 Å². The van der Waals surface area contributed by atoms with E-state index in [9.17, 15) is 9.18 Å². The lowest BCUT2D eigenvalue weighted by Gasteiger charge is -2.23. The summed E-state index contributed by atoms with van der Waals surface area (Å²) in [6.45, 7) is 1.23. The zero-order valence-corrected chi connectivity index (χ0v) is 18.7. The summed E-state index contributed by atoms with van der Waals surface area (Å²) < 4.78 is 20.0. The van der Waals surface area contributed by atoms with E-state index in [1.807, 2.05) is 72.8 Å². The van der Waals surface area contributed by atoms with E-state index in [1.54, 1.807) is 29.3 Å². The molecule has 4 aromatic rings. The lowest BCUT2D eigenvalue weighted by atomic mass is 10.2. The number of nitrogens with one attached hydrogen (secondary N) is 1. The monoisotopic (exact) mass is 455 g/mol. The predicted octanol–water partition coefficient (Wildman–Crippen LogP) is 6.08. The number of ether oxygens (including phenoxy) is 1. The SMILES string of the molecule is O=C(Nc1ccccc1F)N(CCc1ccccn1)Cc1cccc(OCc2ccccc2)c1. The molecule has 4 rings (SSSR count). The zero-order chi connectivity index (χ0) is 23.6. The lowest BCUT2D eigenvalue weighted by molar-refractivity contribution is 0.209. The summed E-state index contributed by atoms with van der Waals surface area (Å²) in [6.07, 6.45) is 2.31. The third-order valence-electron chi connectivity index (χ3n) is 5.29. The Balaban J connectivity index is 1.46. The first-order valence-electron chi connectivity index (χ1n) is 11.1. The highest BCUT2D eigenvalue weighted by Crippen LogP contribution is 2.19. The lowest BCUT2D eigenvalue weighted by Crippen LogP contribution is -2.36. The fraction of sp³-hybridized carbons (Fsp3) is 0.143. The van der Waals surface area contributed by atoms with Crippen molar-refractivity contribution in [3.63, 3.8) is 0 Å². The van der Waals surface area contributed by atoms with E-state index in [1.165, 1.54) is 6.07 Å². The molecule has 0 bridgehead atoms. The summed E-state index contributed by atoms with van der Waals surface area (Å²) in [4.78, 5) is 19.1. The van der Waals surface area contributed by atoms with Gasteiger partial charge in [0, 0.05) is 31.4 Å². The van der Waals surface area contributed by atoms with E-state index in [2.05, 4.69) is 10.3 Å². The molecule has 0 radical (unpaired) electrons. The fourth-order valence-corrected chi connectivity index (χ4v) is 3.50. The number of hydrogen-bond donors (Lipinski definition) is 1. The number of halogens is 1. The second-order valence-corrected chi connectivity index (χ2v) is 7.82. The Hall–Kier alpha value is -4.19. The van der Waals surface area contributed by atoms with E-state index in [0.717, 1.165) is 22.6 Å². The average molecular weight is 456 g/mol. The van der Waals surface area contributed by atoms with E-state index in [4.69, 9.17) is 4.74 Å². The number of carbonyl (C=O) groups is 1. The molecular formula is C28H26FN3O2. The Bertz CT molecular complexity index is 1200. The number of aromatic nitrogens is 1. The van der Waals surface area contributed by atoms with Crippen LogP contribution in [0.3, 0.4) is 0 Å². The number of hydrogen-bond acceptors (Lipinski definition) is 3. The van der Waals surface area contributed by atoms with Crippen LogP contribution in [0.2, 0.25) is 0 Å². The minimum absolute atomic E-state index is 0.148. The Morgan fingerprint density at radius 3 is 2.44 bits per heavy atom. The Kier molecular flexibility index (Phi) is 7.85. The molecule has 0 unspecified atom stereocenters. The van der Waals surface area contributed by atoms with Gasteiger partial charge in [0.25, 0.3) is 0 Å². The predicted molar refractivity (Wildman–Crippen MR) is 131 cm³/mol. The number of amides is 2. The van der Waals surface area contributed by atoms with Gasteiger partial charge in [0.1, 0.15) is 18.2 Å². The molecule has 172 valence electrons. The highest BCUT2D eigenvalue weighted by molar-refractivity contribution is 5.89. The molecule has 0 saturated carbocycles. The standard InChI is InChI=1S/C28H26FN3O2/c29-26-14-4-5-15-27(26)31-28(33)32(18-16-24-12-6-7-17-30-24)20-23-11-8-13-25(19-23)34-21-22-9-2-1-3-10-22/h1-15,17,19H,16,18,20-21H2,(H,31,33). The number of urea groups is 1. The summed E-state index contributed by atoms with van der Waals surface area (Å²) in [6, 6.07) is 29.1. The van der Waals surface area contributed by atoms with Crippen LogP contribution in [0.25, 0.3) is 0 Å². The summed E-state index contributed by atoms with van der Waals surface area (Å²) in [5.74, 6) is 0.248. The van der Waals surface area contributed by atoms with Crippen molar-refractivity contribution in [1.29, 1.82) is 0 Å². The van der Waals surface area contributed by atoms with Gasteiger partial charge in [-0.2, -0.15) is 0 Å². The summed E-state index contributed by atoms with van der Waals surface area (Å²) in [5, 5.41) is 2.69. The number of nitrogens with zero attached hydrogens (tertiary/aromatic N) is 2. The van der Waals surface area contributed by atoms with Gasteiger partial charge in [-0.15, -0.1) is 0 Å². The van der Waals surface area contributed by atoms with Crippen LogP contribution in [-0.4, -0.2) is 22.5 Å². The van der Waals surface area contributed by atoms with Gasteiger partial charge in [-0.05, 0) is 47.5 Å². The second kappa shape index (κ2) is 11.6. The van der Waals surface area contributed by atoms with Crippen molar-refractivity contribution in [2.75, 3.05) is 11.9 Å². The number of para-hydroxylation sites is 1. The first-order valence-corrected chi connectivity index (χ1v) is 11.1. The van der Waals surface area contributed by atoms with Crippen molar-refractivity contribution < 1.29 is 13.9 Å². The second-order valence-electron chi connectivity index (χ2n) is 7.82. The zero-order valence-electron chi connectivity index (χ0n) is 18.7. The van der Waals surface area contributed by atoms with Gasteiger partial charge >= 0.3 is 6.03 Å². The third-order valence-corrected chi connectivity index (χ3v) is 5.29. The summed E-state index contributed by atoms with van der Waals surface area (Å²) >= 11 is 0. The number of anilines is 1. The van der Waals surface area contributed by atoms with Crippen LogP contribution in [0.15, 0.2) is 103 Å². The first-order chi connectivity index (χ1) is 16.7. The summed E-state index contributed by atoms with van der Waals surface area (Å²) in [7, 11) is 0. The van der Waals surface area contributed by atoms with Crippen LogP contribution in [0, 0.1) is 5.82 Å². The molecule has 2 amide bonds. The van der Waals surface area contributed by atoms with Gasteiger partial charge in [-0.25, -0.2) is 9.18 Å². The Morgan fingerprint density at radius 2 is 1.65 bits per heavy atom. The molecular weight excluding hydrogens is 429 g/mol.